The van der Waals surface area contributed by atoms with Crippen molar-refractivity contribution in [2.75, 3.05) is 19.6 Å². The molecule has 1 fully saturated rings. The smallest absolute Gasteiger partial charge is 0.255 e. The fourth-order valence-electron chi connectivity index (χ4n) is 4.11. The molecule has 2 aromatic heterocycles. The van der Waals surface area contributed by atoms with Crippen LogP contribution in [0.4, 0.5) is 0 Å². The summed E-state index contributed by atoms with van der Waals surface area (Å²) in [6.07, 6.45) is 8.00. The van der Waals surface area contributed by atoms with Gasteiger partial charge in [-0.2, -0.15) is 5.10 Å². The number of piperidine rings is 1. The molecular formula is C23H35N5O2. The minimum atomic E-state index is -0.130. The maximum absolute atomic E-state index is 13.2. The van der Waals surface area contributed by atoms with E-state index in [1.807, 2.05) is 22.6 Å². The number of nitrogens with one attached hydrogen (secondary N) is 1. The Bertz CT molecular complexity index is 889. The van der Waals surface area contributed by atoms with Gasteiger partial charge in [-0.05, 0) is 46.1 Å². The van der Waals surface area contributed by atoms with Crippen molar-refractivity contribution in [3.8, 4) is 0 Å². The lowest BCUT2D eigenvalue weighted by atomic mass is 9.96. The summed E-state index contributed by atoms with van der Waals surface area (Å²) in [4.78, 5) is 32.3. The monoisotopic (exact) mass is 413 g/mol. The quantitative estimate of drug-likeness (QED) is 0.666. The first kappa shape index (κ1) is 22.2. The highest BCUT2D eigenvalue weighted by Gasteiger charge is 2.30. The molecule has 3 rings (SSSR count). The SMILES string of the molecule is CCCCCCNC(=O)C1CCCN(C(=O)c2cc3cnn(C(C)C)c3nc2C)C1. The third-order valence-corrected chi connectivity index (χ3v) is 5.89. The van der Waals surface area contributed by atoms with Gasteiger partial charge >= 0.3 is 0 Å². The molecule has 0 radical (unpaired) electrons. The second kappa shape index (κ2) is 10.0. The number of nitrogens with zero attached hydrogens (tertiary/aromatic N) is 4. The highest BCUT2D eigenvalue weighted by molar-refractivity contribution is 5.98. The summed E-state index contributed by atoms with van der Waals surface area (Å²) in [6.45, 7) is 10.1. The molecule has 0 bridgehead atoms. The van der Waals surface area contributed by atoms with Crippen LogP contribution in [0.3, 0.4) is 0 Å². The molecule has 1 N–H and O–H groups in total. The van der Waals surface area contributed by atoms with Gasteiger partial charge in [-0.25, -0.2) is 9.67 Å². The molecule has 2 amide bonds. The van der Waals surface area contributed by atoms with Crippen molar-refractivity contribution in [3.63, 3.8) is 0 Å². The molecule has 1 aliphatic rings. The van der Waals surface area contributed by atoms with Gasteiger partial charge in [0.25, 0.3) is 5.91 Å². The molecule has 3 heterocycles. The van der Waals surface area contributed by atoms with Crippen molar-refractivity contribution in [2.45, 2.75) is 72.3 Å². The van der Waals surface area contributed by atoms with Crippen LogP contribution < -0.4 is 5.32 Å². The summed E-state index contributed by atoms with van der Waals surface area (Å²) in [7, 11) is 0. The molecule has 0 saturated carbocycles. The number of aromatic nitrogens is 3. The Labute approximate surface area is 179 Å². The van der Waals surface area contributed by atoms with Gasteiger partial charge in [0.2, 0.25) is 5.91 Å². The largest absolute Gasteiger partial charge is 0.356 e. The summed E-state index contributed by atoms with van der Waals surface area (Å²) in [6, 6.07) is 2.10. The first-order valence-electron chi connectivity index (χ1n) is 11.3. The predicted octanol–water partition coefficient (Wildman–Crippen LogP) is 3.87. The molecule has 164 valence electrons. The maximum Gasteiger partial charge on any atom is 0.255 e. The van der Waals surface area contributed by atoms with E-state index >= 15 is 0 Å². The zero-order valence-electron chi connectivity index (χ0n) is 18.8. The molecule has 0 spiro atoms. The van der Waals surface area contributed by atoms with E-state index in [1.54, 1.807) is 6.20 Å². The van der Waals surface area contributed by atoms with E-state index in [2.05, 4.69) is 36.2 Å². The van der Waals surface area contributed by atoms with E-state index in [4.69, 9.17) is 0 Å². The summed E-state index contributed by atoms with van der Waals surface area (Å²) >= 11 is 0. The number of hydrogen-bond donors (Lipinski definition) is 1. The van der Waals surface area contributed by atoms with Crippen LogP contribution in [0.1, 0.15) is 81.4 Å². The second-order valence-electron chi connectivity index (χ2n) is 8.66. The zero-order valence-corrected chi connectivity index (χ0v) is 18.8. The molecule has 7 heteroatoms. The number of aryl methyl sites for hydroxylation is 1. The van der Waals surface area contributed by atoms with Crippen LogP contribution in [0, 0.1) is 12.8 Å². The van der Waals surface area contributed by atoms with Crippen molar-refractivity contribution in [1.29, 1.82) is 0 Å². The van der Waals surface area contributed by atoms with Crippen LogP contribution in [0.25, 0.3) is 11.0 Å². The van der Waals surface area contributed by atoms with Gasteiger partial charge in [-0.3, -0.25) is 9.59 Å². The number of carbonyl (C=O) groups is 2. The van der Waals surface area contributed by atoms with Crippen molar-refractivity contribution in [1.82, 2.24) is 25.0 Å². The maximum atomic E-state index is 13.2. The number of hydrogen-bond acceptors (Lipinski definition) is 4. The summed E-state index contributed by atoms with van der Waals surface area (Å²) < 4.78 is 1.87. The van der Waals surface area contributed by atoms with E-state index in [9.17, 15) is 9.59 Å². The molecule has 0 aromatic carbocycles. The van der Waals surface area contributed by atoms with Crippen LogP contribution >= 0.6 is 0 Å². The zero-order chi connectivity index (χ0) is 21.7. The second-order valence-corrected chi connectivity index (χ2v) is 8.66. The van der Waals surface area contributed by atoms with Crippen LogP contribution in [-0.2, 0) is 4.79 Å². The summed E-state index contributed by atoms with van der Waals surface area (Å²) in [5.74, 6) is -0.0956. The third-order valence-electron chi connectivity index (χ3n) is 5.89. The number of amides is 2. The van der Waals surface area contributed by atoms with E-state index in [0.29, 0.717) is 24.3 Å². The molecule has 2 aromatic rings. The van der Waals surface area contributed by atoms with Crippen molar-refractivity contribution < 1.29 is 9.59 Å². The number of pyridine rings is 1. The Hall–Kier alpha value is -2.44. The Morgan fingerprint density at radius 3 is 2.80 bits per heavy atom. The van der Waals surface area contributed by atoms with Crippen LogP contribution in [0.2, 0.25) is 0 Å². The van der Waals surface area contributed by atoms with Gasteiger partial charge in [0.15, 0.2) is 5.65 Å². The lowest BCUT2D eigenvalue weighted by Gasteiger charge is -2.32. The first-order valence-corrected chi connectivity index (χ1v) is 11.3. The van der Waals surface area contributed by atoms with Crippen molar-refractivity contribution in [3.05, 3.63) is 23.5 Å². The normalized spacial score (nSPS) is 17.0. The van der Waals surface area contributed by atoms with Crippen molar-refractivity contribution in [2.24, 2.45) is 5.92 Å². The molecule has 1 saturated heterocycles. The lowest BCUT2D eigenvalue weighted by molar-refractivity contribution is -0.126. The van der Waals surface area contributed by atoms with E-state index in [0.717, 1.165) is 43.3 Å². The molecule has 1 aliphatic heterocycles. The van der Waals surface area contributed by atoms with Gasteiger partial charge in [-0.1, -0.05) is 26.2 Å². The fourth-order valence-corrected chi connectivity index (χ4v) is 4.11. The van der Waals surface area contributed by atoms with E-state index in [-0.39, 0.29) is 23.8 Å². The molecule has 0 aliphatic carbocycles. The van der Waals surface area contributed by atoms with Gasteiger partial charge in [0.1, 0.15) is 0 Å². The van der Waals surface area contributed by atoms with Crippen LogP contribution in [0.5, 0.6) is 0 Å². The van der Waals surface area contributed by atoms with Gasteiger partial charge < -0.3 is 10.2 Å². The van der Waals surface area contributed by atoms with E-state index < -0.39 is 0 Å². The Morgan fingerprint density at radius 2 is 2.07 bits per heavy atom. The molecule has 1 unspecified atom stereocenters. The minimum absolute atomic E-state index is 0.0420. The van der Waals surface area contributed by atoms with Gasteiger partial charge in [0, 0.05) is 31.1 Å². The molecule has 30 heavy (non-hydrogen) atoms. The standard InChI is InChI=1S/C23H35N5O2/c1-5-6-7-8-11-24-22(29)18-10-9-12-27(15-18)23(30)20-13-19-14-25-28(16(2)3)21(19)26-17(20)4/h13-14,16,18H,5-12,15H2,1-4H3,(H,24,29). The lowest BCUT2D eigenvalue weighted by Crippen LogP contribution is -2.45. The van der Waals surface area contributed by atoms with Crippen molar-refractivity contribution >= 4 is 22.8 Å². The molecule has 1 atom stereocenters. The van der Waals surface area contributed by atoms with Gasteiger partial charge in [0.05, 0.1) is 23.4 Å². The Balaban J connectivity index is 1.66. The average molecular weight is 414 g/mol. The predicted molar refractivity (Wildman–Crippen MR) is 118 cm³/mol. The summed E-state index contributed by atoms with van der Waals surface area (Å²) in [5, 5.41) is 8.34. The third kappa shape index (κ3) is 4.99. The number of carbonyl (C=O) groups excluding carboxylic acids is 2. The number of rotatable bonds is 8. The fraction of sp³-hybridized carbons (Fsp3) is 0.652. The number of unbranched alkanes of at least 4 members (excludes halogenated alkanes) is 3. The van der Waals surface area contributed by atoms with Gasteiger partial charge in [-0.15, -0.1) is 0 Å². The first-order chi connectivity index (χ1) is 14.4. The van der Waals surface area contributed by atoms with Crippen LogP contribution in [0.15, 0.2) is 12.3 Å². The summed E-state index contributed by atoms with van der Waals surface area (Å²) in [5.41, 5.74) is 2.11. The molecular weight excluding hydrogens is 378 g/mol. The van der Waals surface area contributed by atoms with E-state index in [1.165, 1.54) is 12.8 Å². The number of likely N-dealkylation sites (tertiary alicyclic amines) is 1. The van der Waals surface area contributed by atoms with Crippen LogP contribution in [-0.4, -0.2) is 51.1 Å². The Morgan fingerprint density at radius 1 is 1.27 bits per heavy atom. The topological polar surface area (TPSA) is 80.1 Å². The number of fused-ring (bicyclic) bond motifs is 1. The highest BCUT2D eigenvalue weighted by Crippen LogP contribution is 2.23. The Kier molecular flexibility index (Phi) is 7.45. The average Bonchev–Trinajstić information content (AvgIpc) is 3.15. The highest BCUT2D eigenvalue weighted by atomic mass is 16.2. The molecule has 7 nitrogen and oxygen atoms in total. The minimum Gasteiger partial charge on any atom is -0.356 e.